The molecular weight excluding hydrogens is 254 g/mol. The van der Waals surface area contributed by atoms with Crippen LogP contribution in [0, 0.1) is 13.8 Å². The van der Waals surface area contributed by atoms with Crippen LogP contribution in [0.4, 0.5) is 5.82 Å². The standard InChI is InChI=1S/C14H21N5O/c1-9(2)13-18-12(20-19-13)6-5-7-15-14-11(4)16-8-10(3)17-14/h8-9H,5-7H2,1-4H3,(H,15,17). The van der Waals surface area contributed by atoms with E-state index in [-0.39, 0.29) is 0 Å². The highest BCUT2D eigenvalue weighted by Crippen LogP contribution is 2.11. The second-order valence-electron chi connectivity index (χ2n) is 5.18. The largest absolute Gasteiger partial charge is 0.369 e. The molecule has 0 fully saturated rings. The highest BCUT2D eigenvalue weighted by Gasteiger charge is 2.09. The van der Waals surface area contributed by atoms with Gasteiger partial charge in [-0.2, -0.15) is 4.98 Å². The average Bonchev–Trinajstić information content (AvgIpc) is 2.87. The molecule has 6 nitrogen and oxygen atoms in total. The molecule has 2 rings (SSSR count). The summed E-state index contributed by atoms with van der Waals surface area (Å²) in [7, 11) is 0. The number of aryl methyl sites for hydroxylation is 3. The number of nitrogens with zero attached hydrogens (tertiary/aromatic N) is 4. The van der Waals surface area contributed by atoms with Crippen LogP contribution in [0.1, 0.15) is 49.3 Å². The van der Waals surface area contributed by atoms with Crippen LogP contribution in [0.3, 0.4) is 0 Å². The first kappa shape index (κ1) is 14.4. The maximum atomic E-state index is 5.20. The van der Waals surface area contributed by atoms with E-state index in [1.54, 1.807) is 6.20 Å². The maximum absolute atomic E-state index is 5.20. The lowest BCUT2D eigenvalue weighted by molar-refractivity contribution is 0.369. The predicted octanol–water partition coefficient (Wildman–Crippen LogP) is 2.64. The van der Waals surface area contributed by atoms with Gasteiger partial charge in [-0.25, -0.2) is 4.98 Å². The van der Waals surface area contributed by atoms with E-state index < -0.39 is 0 Å². The summed E-state index contributed by atoms with van der Waals surface area (Å²) in [5, 5.41) is 7.24. The molecule has 2 aromatic rings. The smallest absolute Gasteiger partial charge is 0.226 e. The average molecular weight is 275 g/mol. The molecular formula is C14H21N5O. The lowest BCUT2D eigenvalue weighted by atomic mass is 10.2. The van der Waals surface area contributed by atoms with Crippen molar-refractivity contribution in [3.05, 3.63) is 29.3 Å². The molecule has 0 aliphatic carbocycles. The predicted molar refractivity (Wildman–Crippen MR) is 76.7 cm³/mol. The second kappa shape index (κ2) is 6.45. The number of hydrogen-bond acceptors (Lipinski definition) is 6. The second-order valence-corrected chi connectivity index (χ2v) is 5.18. The lowest BCUT2D eigenvalue weighted by Gasteiger charge is -2.07. The lowest BCUT2D eigenvalue weighted by Crippen LogP contribution is -2.07. The zero-order valence-electron chi connectivity index (χ0n) is 12.5. The molecule has 0 aromatic carbocycles. The van der Waals surface area contributed by atoms with Crippen LogP contribution in [-0.4, -0.2) is 26.7 Å². The van der Waals surface area contributed by atoms with E-state index in [4.69, 9.17) is 4.52 Å². The van der Waals surface area contributed by atoms with Crippen LogP contribution >= 0.6 is 0 Å². The van der Waals surface area contributed by atoms with E-state index in [0.717, 1.165) is 42.4 Å². The Labute approximate surface area is 119 Å². The monoisotopic (exact) mass is 275 g/mol. The van der Waals surface area contributed by atoms with E-state index in [1.807, 2.05) is 13.8 Å². The van der Waals surface area contributed by atoms with E-state index in [2.05, 4.69) is 39.3 Å². The minimum absolute atomic E-state index is 0.302. The summed E-state index contributed by atoms with van der Waals surface area (Å²) < 4.78 is 5.20. The van der Waals surface area contributed by atoms with Crippen molar-refractivity contribution in [3.8, 4) is 0 Å². The zero-order chi connectivity index (χ0) is 14.5. The van der Waals surface area contributed by atoms with Gasteiger partial charge in [0.15, 0.2) is 5.82 Å². The summed E-state index contributed by atoms with van der Waals surface area (Å²) >= 11 is 0. The fourth-order valence-electron chi connectivity index (χ4n) is 1.76. The number of nitrogens with one attached hydrogen (secondary N) is 1. The Kier molecular flexibility index (Phi) is 4.65. The molecule has 20 heavy (non-hydrogen) atoms. The summed E-state index contributed by atoms with van der Waals surface area (Å²) in [4.78, 5) is 13.0. The molecule has 1 N–H and O–H groups in total. The summed E-state index contributed by atoms with van der Waals surface area (Å²) in [6, 6.07) is 0. The highest BCUT2D eigenvalue weighted by molar-refractivity contribution is 5.39. The Morgan fingerprint density at radius 3 is 2.75 bits per heavy atom. The van der Waals surface area contributed by atoms with Crippen molar-refractivity contribution in [1.29, 1.82) is 0 Å². The van der Waals surface area contributed by atoms with E-state index >= 15 is 0 Å². The Morgan fingerprint density at radius 1 is 1.25 bits per heavy atom. The number of aromatic nitrogens is 4. The number of rotatable bonds is 6. The molecule has 6 heteroatoms. The normalized spacial score (nSPS) is 11.1. The van der Waals surface area contributed by atoms with Gasteiger partial charge in [-0.05, 0) is 20.3 Å². The topological polar surface area (TPSA) is 76.7 Å². The van der Waals surface area contributed by atoms with Crippen LogP contribution in [0.15, 0.2) is 10.7 Å². The van der Waals surface area contributed by atoms with Crippen LogP contribution in [0.25, 0.3) is 0 Å². The van der Waals surface area contributed by atoms with Crippen molar-refractivity contribution in [2.24, 2.45) is 0 Å². The molecule has 0 spiro atoms. The van der Waals surface area contributed by atoms with Crippen molar-refractivity contribution in [2.75, 3.05) is 11.9 Å². The van der Waals surface area contributed by atoms with Gasteiger partial charge in [0, 0.05) is 25.1 Å². The summed E-state index contributed by atoms with van der Waals surface area (Å²) in [6.45, 7) is 8.79. The molecule has 2 heterocycles. The third kappa shape index (κ3) is 3.76. The van der Waals surface area contributed by atoms with Crippen molar-refractivity contribution in [3.63, 3.8) is 0 Å². The van der Waals surface area contributed by atoms with Gasteiger partial charge in [-0.15, -0.1) is 0 Å². The van der Waals surface area contributed by atoms with E-state index in [9.17, 15) is 0 Å². The molecule has 0 saturated heterocycles. The first-order chi connectivity index (χ1) is 9.56. The molecule has 0 saturated carbocycles. The maximum Gasteiger partial charge on any atom is 0.226 e. The molecule has 0 amide bonds. The molecule has 2 aromatic heterocycles. The quantitative estimate of drug-likeness (QED) is 0.817. The van der Waals surface area contributed by atoms with Gasteiger partial charge in [0.2, 0.25) is 5.89 Å². The van der Waals surface area contributed by atoms with Crippen molar-refractivity contribution < 1.29 is 4.52 Å². The molecule has 0 unspecified atom stereocenters. The first-order valence-electron chi connectivity index (χ1n) is 6.93. The Morgan fingerprint density at radius 2 is 2.05 bits per heavy atom. The summed E-state index contributed by atoms with van der Waals surface area (Å²) in [5.74, 6) is 2.62. The van der Waals surface area contributed by atoms with Gasteiger partial charge in [0.1, 0.15) is 5.82 Å². The minimum atomic E-state index is 0.302. The van der Waals surface area contributed by atoms with Gasteiger partial charge in [0.25, 0.3) is 0 Å². The Balaban J connectivity index is 1.79. The van der Waals surface area contributed by atoms with Crippen molar-refractivity contribution in [1.82, 2.24) is 20.1 Å². The van der Waals surface area contributed by atoms with Crippen molar-refractivity contribution in [2.45, 2.75) is 46.5 Å². The Bertz CT molecular complexity index is 564. The first-order valence-corrected chi connectivity index (χ1v) is 6.93. The molecule has 108 valence electrons. The molecule has 0 bridgehead atoms. The third-order valence-electron chi connectivity index (χ3n) is 2.94. The van der Waals surface area contributed by atoms with E-state index in [1.165, 1.54) is 0 Å². The van der Waals surface area contributed by atoms with Crippen LogP contribution in [0.5, 0.6) is 0 Å². The van der Waals surface area contributed by atoms with Crippen LogP contribution in [-0.2, 0) is 6.42 Å². The molecule has 0 aliphatic rings. The van der Waals surface area contributed by atoms with Gasteiger partial charge in [0.05, 0.1) is 11.4 Å². The third-order valence-corrected chi connectivity index (χ3v) is 2.94. The molecule has 0 atom stereocenters. The summed E-state index contributed by atoms with van der Waals surface area (Å²) in [6.07, 6.45) is 3.45. The van der Waals surface area contributed by atoms with E-state index in [0.29, 0.717) is 11.8 Å². The fourth-order valence-corrected chi connectivity index (χ4v) is 1.76. The van der Waals surface area contributed by atoms with Gasteiger partial charge in [-0.3, -0.25) is 4.98 Å². The minimum Gasteiger partial charge on any atom is -0.369 e. The SMILES string of the molecule is Cc1cnc(C)c(NCCCc2nc(C(C)C)no2)n1. The van der Waals surface area contributed by atoms with Crippen LogP contribution in [0.2, 0.25) is 0 Å². The van der Waals surface area contributed by atoms with Gasteiger partial charge in [-0.1, -0.05) is 19.0 Å². The number of anilines is 1. The molecule has 0 radical (unpaired) electrons. The van der Waals surface area contributed by atoms with Crippen molar-refractivity contribution >= 4 is 5.82 Å². The fraction of sp³-hybridized carbons (Fsp3) is 0.571. The zero-order valence-corrected chi connectivity index (χ0v) is 12.5. The Hall–Kier alpha value is -1.98. The van der Waals surface area contributed by atoms with Crippen LogP contribution < -0.4 is 5.32 Å². The highest BCUT2D eigenvalue weighted by atomic mass is 16.5. The van der Waals surface area contributed by atoms with Gasteiger partial charge >= 0.3 is 0 Å². The number of hydrogen-bond donors (Lipinski definition) is 1. The summed E-state index contributed by atoms with van der Waals surface area (Å²) in [5.41, 5.74) is 1.83. The van der Waals surface area contributed by atoms with Gasteiger partial charge < -0.3 is 9.84 Å². The molecule has 0 aliphatic heterocycles.